The number of hydrogen-bond donors (Lipinski definition) is 1. The van der Waals surface area contributed by atoms with Gasteiger partial charge in [0.1, 0.15) is 5.82 Å². The SMILES string of the molecule is CN(Cc1cn(S(=O)(=O)c2cccc(F)c2)c2cc(Br)cnc12)C(=O)O. The average molecular weight is 442 g/mol. The number of amides is 1. The lowest BCUT2D eigenvalue weighted by Crippen LogP contribution is -2.23. The third-order valence-electron chi connectivity index (χ3n) is 3.74. The Morgan fingerprint density at radius 1 is 1.38 bits per heavy atom. The summed E-state index contributed by atoms with van der Waals surface area (Å²) in [5.74, 6) is -0.673. The monoisotopic (exact) mass is 441 g/mol. The normalized spacial score (nSPS) is 11.7. The molecule has 2 aromatic heterocycles. The summed E-state index contributed by atoms with van der Waals surface area (Å²) in [4.78, 5) is 16.1. The molecule has 2 heterocycles. The third kappa shape index (κ3) is 3.29. The number of halogens is 2. The molecular formula is C16H13BrFN3O4S. The largest absolute Gasteiger partial charge is 0.465 e. The smallest absolute Gasteiger partial charge is 0.407 e. The number of pyridine rings is 1. The van der Waals surface area contributed by atoms with E-state index in [1.807, 2.05) is 0 Å². The topological polar surface area (TPSA) is 92.5 Å². The van der Waals surface area contributed by atoms with Crippen LogP contribution in [0.4, 0.5) is 9.18 Å². The minimum Gasteiger partial charge on any atom is -0.465 e. The molecule has 0 fully saturated rings. The molecule has 136 valence electrons. The van der Waals surface area contributed by atoms with Gasteiger partial charge in [-0.2, -0.15) is 0 Å². The Morgan fingerprint density at radius 3 is 2.77 bits per heavy atom. The van der Waals surface area contributed by atoms with Crippen LogP contribution in [0.3, 0.4) is 0 Å². The molecule has 0 unspecified atom stereocenters. The van der Waals surface area contributed by atoms with Crippen molar-refractivity contribution in [2.24, 2.45) is 0 Å². The van der Waals surface area contributed by atoms with Crippen LogP contribution >= 0.6 is 15.9 Å². The fourth-order valence-corrected chi connectivity index (χ4v) is 4.22. The highest BCUT2D eigenvalue weighted by Gasteiger charge is 2.23. The van der Waals surface area contributed by atoms with Crippen molar-refractivity contribution < 1.29 is 22.7 Å². The number of fused-ring (bicyclic) bond motifs is 1. The molecule has 3 aromatic rings. The molecule has 0 atom stereocenters. The van der Waals surface area contributed by atoms with Crippen molar-refractivity contribution in [1.82, 2.24) is 13.9 Å². The van der Waals surface area contributed by atoms with Crippen molar-refractivity contribution in [2.45, 2.75) is 11.4 Å². The maximum atomic E-state index is 13.5. The van der Waals surface area contributed by atoms with Gasteiger partial charge in [-0.15, -0.1) is 0 Å². The first-order valence-electron chi connectivity index (χ1n) is 7.31. The zero-order valence-electron chi connectivity index (χ0n) is 13.4. The molecule has 7 nitrogen and oxygen atoms in total. The van der Waals surface area contributed by atoms with Crippen molar-refractivity contribution >= 4 is 43.1 Å². The molecular weight excluding hydrogens is 429 g/mol. The fraction of sp³-hybridized carbons (Fsp3) is 0.125. The molecule has 3 rings (SSSR count). The Morgan fingerprint density at radius 2 is 2.12 bits per heavy atom. The van der Waals surface area contributed by atoms with Crippen LogP contribution in [0.5, 0.6) is 0 Å². The molecule has 0 aliphatic rings. The number of rotatable bonds is 4. The maximum absolute atomic E-state index is 13.5. The van der Waals surface area contributed by atoms with Gasteiger partial charge in [-0.05, 0) is 40.2 Å². The minimum absolute atomic E-state index is 0.0495. The van der Waals surface area contributed by atoms with E-state index in [1.54, 1.807) is 6.07 Å². The van der Waals surface area contributed by atoms with E-state index in [0.29, 0.717) is 15.6 Å². The molecule has 0 spiro atoms. The van der Waals surface area contributed by atoms with Gasteiger partial charge in [0.2, 0.25) is 0 Å². The highest BCUT2D eigenvalue weighted by atomic mass is 79.9. The molecule has 0 radical (unpaired) electrons. The van der Waals surface area contributed by atoms with Gasteiger partial charge in [-0.1, -0.05) is 6.07 Å². The predicted molar refractivity (Wildman–Crippen MR) is 95.9 cm³/mol. The van der Waals surface area contributed by atoms with E-state index in [-0.39, 0.29) is 17.0 Å². The number of hydrogen-bond acceptors (Lipinski definition) is 4. The van der Waals surface area contributed by atoms with Crippen LogP contribution in [-0.4, -0.2) is 40.5 Å². The van der Waals surface area contributed by atoms with Gasteiger partial charge >= 0.3 is 6.09 Å². The minimum atomic E-state index is -4.09. The summed E-state index contributed by atoms with van der Waals surface area (Å²) in [6.45, 7) is -0.0495. The summed E-state index contributed by atoms with van der Waals surface area (Å²) in [6.07, 6.45) is 1.64. The molecule has 0 saturated carbocycles. The second-order valence-electron chi connectivity index (χ2n) is 5.57. The quantitative estimate of drug-likeness (QED) is 0.670. The van der Waals surface area contributed by atoms with Crippen LogP contribution in [0.15, 0.2) is 52.1 Å². The van der Waals surface area contributed by atoms with E-state index in [9.17, 15) is 17.6 Å². The summed E-state index contributed by atoms with van der Waals surface area (Å²) in [7, 11) is -2.72. The first kappa shape index (κ1) is 18.3. The highest BCUT2D eigenvalue weighted by molar-refractivity contribution is 9.10. The van der Waals surface area contributed by atoms with E-state index in [0.717, 1.165) is 21.0 Å². The Balaban J connectivity index is 2.22. The second kappa shape index (κ2) is 6.69. The van der Waals surface area contributed by atoms with Gasteiger partial charge in [0.05, 0.1) is 22.5 Å². The van der Waals surface area contributed by atoms with Crippen LogP contribution in [0.25, 0.3) is 11.0 Å². The third-order valence-corrected chi connectivity index (χ3v) is 5.84. The number of nitrogens with zero attached hydrogens (tertiary/aromatic N) is 3. The van der Waals surface area contributed by atoms with Gasteiger partial charge in [0, 0.05) is 29.5 Å². The van der Waals surface area contributed by atoms with Gasteiger partial charge in [0.25, 0.3) is 10.0 Å². The first-order valence-corrected chi connectivity index (χ1v) is 9.54. The maximum Gasteiger partial charge on any atom is 0.407 e. The van der Waals surface area contributed by atoms with Crippen molar-refractivity contribution in [2.75, 3.05) is 7.05 Å². The molecule has 10 heteroatoms. The van der Waals surface area contributed by atoms with E-state index in [4.69, 9.17) is 5.11 Å². The number of benzene rings is 1. The highest BCUT2D eigenvalue weighted by Crippen LogP contribution is 2.27. The van der Waals surface area contributed by atoms with E-state index < -0.39 is 21.9 Å². The van der Waals surface area contributed by atoms with Gasteiger partial charge in [-0.25, -0.2) is 21.6 Å². The molecule has 1 aromatic carbocycles. The van der Waals surface area contributed by atoms with E-state index in [2.05, 4.69) is 20.9 Å². The Bertz CT molecular complexity index is 1110. The molecule has 0 aliphatic heterocycles. The van der Waals surface area contributed by atoms with Crippen molar-refractivity contribution in [3.05, 3.63) is 58.6 Å². The van der Waals surface area contributed by atoms with E-state index in [1.165, 1.54) is 31.6 Å². The first-order chi connectivity index (χ1) is 12.2. The van der Waals surface area contributed by atoms with Crippen LogP contribution in [-0.2, 0) is 16.6 Å². The van der Waals surface area contributed by atoms with Gasteiger partial charge < -0.3 is 10.0 Å². The van der Waals surface area contributed by atoms with Crippen LogP contribution in [0.1, 0.15) is 5.56 Å². The lowest BCUT2D eigenvalue weighted by Gasteiger charge is -2.11. The Hall–Kier alpha value is -2.46. The lowest BCUT2D eigenvalue weighted by molar-refractivity contribution is 0.154. The average Bonchev–Trinajstić information content (AvgIpc) is 2.93. The number of aromatic nitrogens is 2. The summed E-state index contributed by atoms with van der Waals surface area (Å²) in [5, 5.41) is 9.07. The summed E-state index contributed by atoms with van der Waals surface area (Å²) >= 11 is 3.25. The summed E-state index contributed by atoms with van der Waals surface area (Å²) in [6, 6.07) is 6.23. The van der Waals surface area contributed by atoms with Gasteiger partial charge in [-0.3, -0.25) is 4.98 Å². The fourth-order valence-electron chi connectivity index (χ4n) is 2.49. The van der Waals surface area contributed by atoms with Crippen LogP contribution < -0.4 is 0 Å². The Labute approximate surface area is 156 Å². The summed E-state index contributed by atoms with van der Waals surface area (Å²) < 4.78 is 41.0. The van der Waals surface area contributed by atoms with Crippen molar-refractivity contribution in [3.63, 3.8) is 0 Å². The molecule has 1 N–H and O–H groups in total. The van der Waals surface area contributed by atoms with Crippen LogP contribution in [0, 0.1) is 5.82 Å². The molecule has 0 saturated heterocycles. The summed E-state index contributed by atoms with van der Waals surface area (Å²) in [5.41, 5.74) is 1.02. The Kier molecular flexibility index (Phi) is 4.72. The zero-order valence-corrected chi connectivity index (χ0v) is 15.8. The standard InChI is InChI=1S/C16H13BrFN3O4S/c1-20(16(22)23)8-10-9-21(14-5-11(17)7-19-15(10)14)26(24,25)13-4-2-3-12(18)6-13/h2-7,9H,8H2,1H3,(H,22,23). The molecule has 26 heavy (non-hydrogen) atoms. The number of carboxylic acid groups (broad SMARTS) is 1. The van der Waals surface area contributed by atoms with Crippen LogP contribution in [0.2, 0.25) is 0 Å². The molecule has 0 bridgehead atoms. The zero-order chi connectivity index (χ0) is 19.1. The lowest BCUT2D eigenvalue weighted by atomic mass is 10.2. The van der Waals surface area contributed by atoms with Crippen molar-refractivity contribution in [3.8, 4) is 0 Å². The van der Waals surface area contributed by atoms with E-state index >= 15 is 0 Å². The second-order valence-corrected chi connectivity index (χ2v) is 8.30. The van der Waals surface area contributed by atoms with Gasteiger partial charge in [0.15, 0.2) is 0 Å². The predicted octanol–water partition coefficient (Wildman–Crippen LogP) is 3.28. The number of carbonyl (C=O) groups is 1. The molecule has 0 aliphatic carbocycles. The molecule has 1 amide bonds. The van der Waals surface area contributed by atoms with Crippen molar-refractivity contribution in [1.29, 1.82) is 0 Å².